The first-order valence-corrected chi connectivity index (χ1v) is 8.99. The minimum atomic E-state index is -3.65. The Bertz CT molecular complexity index is 785. The summed E-state index contributed by atoms with van der Waals surface area (Å²) in [6.07, 6.45) is 0. The number of piperazine rings is 1. The Morgan fingerprint density at radius 3 is 2.26 bits per heavy atom. The monoisotopic (exact) mass is 334 g/mol. The number of benzene rings is 2. The average Bonchev–Trinajstić information content (AvgIpc) is 2.58. The molecular weight excluding hydrogens is 315 g/mol. The average molecular weight is 334 g/mol. The van der Waals surface area contributed by atoms with Crippen molar-refractivity contribution in [1.29, 1.82) is 0 Å². The van der Waals surface area contributed by atoms with Crippen molar-refractivity contribution in [3.63, 3.8) is 0 Å². The fourth-order valence-corrected chi connectivity index (χ4v) is 4.48. The van der Waals surface area contributed by atoms with Gasteiger partial charge in [-0.1, -0.05) is 24.3 Å². The van der Waals surface area contributed by atoms with Crippen LogP contribution >= 0.6 is 0 Å². The van der Waals surface area contributed by atoms with Crippen LogP contribution in [0.25, 0.3) is 0 Å². The Labute approximate surface area is 136 Å². The van der Waals surface area contributed by atoms with Crippen molar-refractivity contribution in [1.82, 2.24) is 4.31 Å². The second-order valence-electron chi connectivity index (χ2n) is 5.64. The van der Waals surface area contributed by atoms with Crippen LogP contribution in [-0.2, 0) is 10.0 Å². The lowest BCUT2D eigenvalue weighted by Crippen LogP contribution is -2.48. The summed E-state index contributed by atoms with van der Waals surface area (Å²) in [7, 11) is -3.65. The van der Waals surface area contributed by atoms with Crippen molar-refractivity contribution in [3.8, 4) is 0 Å². The van der Waals surface area contributed by atoms with Crippen LogP contribution in [-0.4, -0.2) is 38.9 Å². The van der Waals surface area contributed by atoms with E-state index in [-0.39, 0.29) is 4.90 Å². The topological polar surface area (TPSA) is 40.6 Å². The molecule has 122 valence electrons. The summed E-state index contributed by atoms with van der Waals surface area (Å²) < 4.78 is 40.4. The van der Waals surface area contributed by atoms with Gasteiger partial charge >= 0.3 is 0 Å². The van der Waals surface area contributed by atoms with Crippen LogP contribution in [0.1, 0.15) is 5.56 Å². The molecule has 0 amide bonds. The molecule has 0 bridgehead atoms. The van der Waals surface area contributed by atoms with Crippen molar-refractivity contribution in [2.24, 2.45) is 0 Å². The number of sulfonamides is 1. The summed E-state index contributed by atoms with van der Waals surface area (Å²) in [5.74, 6) is -0.530. The third kappa shape index (κ3) is 3.23. The Hall–Kier alpha value is -1.92. The number of nitrogens with zero attached hydrogens (tertiary/aromatic N) is 2. The summed E-state index contributed by atoms with van der Waals surface area (Å²) >= 11 is 0. The first-order valence-electron chi connectivity index (χ1n) is 7.55. The number of halogens is 1. The van der Waals surface area contributed by atoms with Crippen molar-refractivity contribution in [3.05, 3.63) is 59.9 Å². The van der Waals surface area contributed by atoms with E-state index in [0.717, 1.165) is 11.8 Å². The molecule has 6 heteroatoms. The lowest BCUT2D eigenvalue weighted by atomic mass is 10.2. The van der Waals surface area contributed by atoms with Gasteiger partial charge in [0.1, 0.15) is 5.82 Å². The van der Waals surface area contributed by atoms with E-state index in [4.69, 9.17) is 0 Å². The standard InChI is InChI=1S/C17H19FN2O2S/c1-14-7-8-15(18)13-17(14)23(21,22)20-11-9-19(10-12-20)16-5-3-2-4-6-16/h2-8,13H,9-12H2,1H3. The highest BCUT2D eigenvalue weighted by molar-refractivity contribution is 7.89. The van der Waals surface area contributed by atoms with Crippen LogP contribution in [0.3, 0.4) is 0 Å². The third-order valence-electron chi connectivity index (χ3n) is 4.13. The summed E-state index contributed by atoms with van der Waals surface area (Å²) in [6.45, 7) is 3.72. The molecule has 1 saturated heterocycles. The lowest BCUT2D eigenvalue weighted by molar-refractivity contribution is 0.384. The Kier molecular flexibility index (Phi) is 4.37. The molecule has 0 radical (unpaired) electrons. The summed E-state index contributed by atoms with van der Waals surface area (Å²) in [5, 5.41) is 0. The molecule has 0 N–H and O–H groups in total. The molecule has 0 aliphatic carbocycles. The second kappa shape index (κ2) is 6.29. The van der Waals surface area contributed by atoms with Crippen LogP contribution in [0.15, 0.2) is 53.4 Å². The van der Waals surface area contributed by atoms with Crippen LogP contribution < -0.4 is 4.90 Å². The smallest absolute Gasteiger partial charge is 0.243 e. The highest BCUT2D eigenvalue weighted by Gasteiger charge is 2.29. The van der Waals surface area contributed by atoms with Gasteiger partial charge in [0.05, 0.1) is 4.90 Å². The molecule has 2 aromatic rings. The molecule has 0 unspecified atom stereocenters. The van der Waals surface area contributed by atoms with Crippen LogP contribution in [0.5, 0.6) is 0 Å². The SMILES string of the molecule is Cc1ccc(F)cc1S(=O)(=O)N1CCN(c2ccccc2)CC1. The molecule has 0 atom stereocenters. The molecule has 23 heavy (non-hydrogen) atoms. The van der Waals surface area contributed by atoms with Gasteiger partial charge in [-0.05, 0) is 36.8 Å². The van der Waals surface area contributed by atoms with E-state index in [2.05, 4.69) is 4.90 Å². The minimum Gasteiger partial charge on any atom is -0.369 e. The van der Waals surface area contributed by atoms with Crippen LogP contribution in [0.4, 0.5) is 10.1 Å². The zero-order valence-corrected chi connectivity index (χ0v) is 13.8. The van der Waals surface area contributed by atoms with Gasteiger partial charge in [0, 0.05) is 31.9 Å². The Morgan fingerprint density at radius 2 is 1.61 bits per heavy atom. The summed E-state index contributed by atoms with van der Waals surface area (Å²) in [4.78, 5) is 2.22. The predicted octanol–water partition coefficient (Wildman–Crippen LogP) is 2.65. The molecule has 2 aromatic carbocycles. The minimum absolute atomic E-state index is 0.0608. The fourth-order valence-electron chi connectivity index (χ4n) is 2.82. The van der Waals surface area contributed by atoms with E-state index in [1.165, 1.54) is 16.4 Å². The predicted molar refractivity (Wildman–Crippen MR) is 88.6 cm³/mol. The van der Waals surface area contributed by atoms with Gasteiger partial charge in [-0.15, -0.1) is 0 Å². The van der Waals surface area contributed by atoms with E-state index in [0.29, 0.717) is 31.7 Å². The van der Waals surface area contributed by atoms with Gasteiger partial charge in [0.2, 0.25) is 10.0 Å². The molecule has 4 nitrogen and oxygen atoms in total. The van der Waals surface area contributed by atoms with E-state index in [9.17, 15) is 12.8 Å². The summed E-state index contributed by atoms with van der Waals surface area (Å²) in [5.41, 5.74) is 1.66. The van der Waals surface area contributed by atoms with E-state index < -0.39 is 15.8 Å². The largest absolute Gasteiger partial charge is 0.369 e. The van der Waals surface area contributed by atoms with E-state index in [1.807, 2.05) is 30.3 Å². The summed E-state index contributed by atoms with van der Waals surface area (Å²) in [6, 6.07) is 13.8. The molecular formula is C17H19FN2O2S. The second-order valence-corrected chi connectivity index (χ2v) is 7.54. The normalized spacial score (nSPS) is 16.5. The number of para-hydroxylation sites is 1. The Morgan fingerprint density at radius 1 is 0.957 bits per heavy atom. The highest BCUT2D eigenvalue weighted by Crippen LogP contribution is 2.23. The van der Waals surface area contributed by atoms with Crippen LogP contribution in [0, 0.1) is 12.7 Å². The van der Waals surface area contributed by atoms with Gasteiger partial charge in [0.25, 0.3) is 0 Å². The fraction of sp³-hybridized carbons (Fsp3) is 0.294. The van der Waals surface area contributed by atoms with Gasteiger partial charge in [0.15, 0.2) is 0 Å². The first kappa shape index (κ1) is 16.0. The maximum atomic E-state index is 13.4. The number of hydrogen-bond donors (Lipinski definition) is 0. The first-order chi connectivity index (χ1) is 11.0. The molecule has 1 fully saturated rings. The zero-order chi connectivity index (χ0) is 16.4. The lowest BCUT2D eigenvalue weighted by Gasteiger charge is -2.35. The molecule has 1 aliphatic heterocycles. The van der Waals surface area contributed by atoms with Gasteiger partial charge in [-0.3, -0.25) is 0 Å². The molecule has 0 aromatic heterocycles. The number of anilines is 1. The quantitative estimate of drug-likeness (QED) is 0.866. The maximum absolute atomic E-state index is 13.4. The number of aryl methyl sites for hydroxylation is 1. The van der Waals surface area contributed by atoms with Gasteiger partial charge in [-0.25, -0.2) is 12.8 Å². The molecule has 0 spiro atoms. The Balaban J connectivity index is 1.78. The number of rotatable bonds is 3. The highest BCUT2D eigenvalue weighted by atomic mass is 32.2. The van der Waals surface area contributed by atoms with Crippen molar-refractivity contribution < 1.29 is 12.8 Å². The van der Waals surface area contributed by atoms with Gasteiger partial charge in [-0.2, -0.15) is 4.31 Å². The molecule has 3 rings (SSSR count). The molecule has 0 saturated carbocycles. The zero-order valence-electron chi connectivity index (χ0n) is 12.9. The van der Waals surface area contributed by atoms with Crippen LogP contribution in [0.2, 0.25) is 0 Å². The third-order valence-corrected chi connectivity index (χ3v) is 6.17. The molecule has 1 heterocycles. The number of hydrogen-bond acceptors (Lipinski definition) is 3. The van der Waals surface area contributed by atoms with E-state index in [1.54, 1.807) is 6.92 Å². The van der Waals surface area contributed by atoms with Crippen molar-refractivity contribution in [2.75, 3.05) is 31.1 Å². The van der Waals surface area contributed by atoms with Crippen molar-refractivity contribution in [2.45, 2.75) is 11.8 Å². The van der Waals surface area contributed by atoms with Crippen molar-refractivity contribution >= 4 is 15.7 Å². The molecule has 1 aliphatic rings. The van der Waals surface area contributed by atoms with E-state index >= 15 is 0 Å². The van der Waals surface area contributed by atoms with Gasteiger partial charge < -0.3 is 4.90 Å². The maximum Gasteiger partial charge on any atom is 0.243 e.